The summed E-state index contributed by atoms with van der Waals surface area (Å²) in [6.07, 6.45) is 1.53. The lowest BCUT2D eigenvalue weighted by atomic mass is 10.2. The first-order valence-electron chi connectivity index (χ1n) is 10.6. The largest absolute Gasteiger partial charge is 0.461 e. The summed E-state index contributed by atoms with van der Waals surface area (Å²) in [7, 11) is 2.16. The van der Waals surface area contributed by atoms with Gasteiger partial charge in [-0.25, -0.2) is 14.8 Å². The average Bonchev–Trinajstić information content (AvgIpc) is 3.11. The van der Waals surface area contributed by atoms with E-state index in [0.29, 0.717) is 23.2 Å². The van der Waals surface area contributed by atoms with Crippen molar-refractivity contribution in [2.45, 2.75) is 20.8 Å². The normalized spacial score (nSPS) is 14.9. The molecule has 7 nitrogen and oxygen atoms in total. The number of aromatic nitrogens is 2. The van der Waals surface area contributed by atoms with Crippen LogP contribution in [0, 0.1) is 12.8 Å². The molecule has 0 bridgehead atoms. The van der Waals surface area contributed by atoms with Crippen molar-refractivity contribution in [3.8, 4) is 0 Å². The molecule has 0 saturated carbocycles. The molecule has 0 aliphatic carbocycles. The third kappa shape index (κ3) is 4.80. The van der Waals surface area contributed by atoms with E-state index in [1.807, 2.05) is 20.8 Å². The van der Waals surface area contributed by atoms with Gasteiger partial charge in [0.2, 0.25) is 0 Å². The third-order valence-corrected chi connectivity index (χ3v) is 6.64. The number of likely N-dealkylation sites (N-methyl/N-ethyl adjacent to an activating group) is 1. The van der Waals surface area contributed by atoms with Crippen molar-refractivity contribution in [3.63, 3.8) is 0 Å². The standard InChI is InChI=1S/C23H29N5O2S/c1-15(2)13-30-23(29)20-16(3)19-21(24-14-25-22(19)31-20)26-17-5-7-18(8-6-17)28-11-9-27(4)10-12-28/h5-8,14-15H,9-13H2,1-4H3,(H,24,25,26). The molecule has 0 radical (unpaired) electrons. The van der Waals surface area contributed by atoms with Gasteiger partial charge in [0.25, 0.3) is 0 Å². The van der Waals surface area contributed by atoms with Crippen LogP contribution in [0.5, 0.6) is 0 Å². The van der Waals surface area contributed by atoms with Crippen molar-refractivity contribution < 1.29 is 9.53 Å². The van der Waals surface area contributed by atoms with E-state index in [2.05, 4.69) is 56.4 Å². The molecule has 4 rings (SSSR count). The number of ether oxygens (including phenoxy) is 1. The molecule has 3 aromatic rings. The predicted octanol–water partition coefficient (Wildman–Crippen LogP) is 4.31. The zero-order chi connectivity index (χ0) is 22.0. The number of nitrogens with zero attached hydrogens (tertiary/aromatic N) is 4. The lowest BCUT2D eigenvalue weighted by molar-refractivity contribution is 0.0464. The van der Waals surface area contributed by atoms with Crippen molar-refractivity contribution in [2.75, 3.05) is 50.1 Å². The Hall–Kier alpha value is -2.71. The number of hydrogen-bond donors (Lipinski definition) is 1. The van der Waals surface area contributed by atoms with E-state index in [0.717, 1.165) is 47.6 Å². The molecule has 0 spiro atoms. The highest BCUT2D eigenvalue weighted by Gasteiger charge is 2.21. The fraction of sp³-hybridized carbons (Fsp3) is 0.435. The van der Waals surface area contributed by atoms with Gasteiger partial charge in [-0.05, 0) is 49.7 Å². The van der Waals surface area contributed by atoms with Crippen LogP contribution in [-0.2, 0) is 4.74 Å². The molecule has 0 unspecified atom stereocenters. The minimum atomic E-state index is -0.295. The van der Waals surface area contributed by atoms with Crippen molar-refractivity contribution in [3.05, 3.63) is 41.0 Å². The second kappa shape index (κ2) is 9.20. The van der Waals surface area contributed by atoms with E-state index >= 15 is 0 Å². The highest BCUT2D eigenvalue weighted by molar-refractivity contribution is 7.20. The van der Waals surface area contributed by atoms with Crippen LogP contribution in [0.25, 0.3) is 10.2 Å². The molecule has 1 fully saturated rings. The van der Waals surface area contributed by atoms with Gasteiger partial charge >= 0.3 is 5.97 Å². The lowest BCUT2D eigenvalue weighted by Gasteiger charge is -2.34. The van der Waals surface area contributed by atoms with Crippen molar-refractivity contribution in [1.29, 1.82) is 0 Å². The van der Waals surface area contributed by atoms with Gasteiger partial charge in [-0.2, -0.15) is 0 Å². The number of piperazine rings is 1. The van der Waals surface area contributed by atoms with Gasteiger partial charge in [0, 0.05) is 37.6 Å². The van der Waals surface area contributed by atoms with E-state index in [9.17, 15) is 4.79 Å². The minimum Gasteiger partial charge on any atom is -0.461 e. The summed E-state index contributed by atoms with van der Waals surface area (Å²) in [4.78, 5) is 27.5. The summed E-state index contributed by atoms with van der Waals surface area (Å²) in [6.45, 7) is 10.6. The number of carbonyl (C=O) groups excluding carboxylic acids is 1. The summed E-state index contributed by atoms with van der Waals surface area (Å²) in [5.74, 6) is 0.704. The zero-order valence-corrected chi connectivity index (χ0v) is 19.3. The van der Waals surface area contributed by atoms with Crippen LogP contribution in [0.4, 0.5) is 17.2 Å². The van der Waals surface area contributed by atoms with Gasteiger partial charge in [-0.1, -0.05) is 13.8 Å². The van der Waals surface area contributed by atoms with Gasteiger partial charge in [0.15, 0.2) is 0 Å². The second-order valence-electron chi connectivity index (χ2n) is 8.41. The highest BCUT2D eigenvalue weighted by Crippen LogP contribution is 2.35. The van der Waals surface area contributed by atoms with Crippen LogP contribution in [0.1, 0.15) is 29.1 Å². The van der Waals surface area contributed by atoms with Gasteiger partial charge < -0.3 is 19.9 Å². The number of hydrogen-bond acceptors (Lipinski definition) is 8. The number of aryl methyl sites for hydroxylation is 1. The molecule has 31 heavy (non-hydrogen) atoms. The van der Waals surface area contributed by atoms with Gasteiger partial charge in [-0.15, -0.1) is 11.3 Å². The zero-order valence-electron chi connectivity index (χ0n) is 18.5. The Morgan fingerprint density at radius 1 is 1.16 bits per heavy atom. The smallest absolute Gasteiger partial charge is 0.348 e. The first-order chi connectivity index (χ1) is 14.9. The van der Waals surface area contributed by atoms with E-state index in [1.54, 1.807) is 0 Å². The maximum atomic E-state index is 12.5. The number of fused-ring (bicyclic) bond motifs is 1. The van der Waals surface area contributed by atoms with Crippen LogP contribution in [0.15, 0.2) is 30.6 Å². The van der Waals surface area contributed by atoms with Gasteiger partial charge in [-0.3, -0.25) is 0 Å². The Kier molecular flexibility index (Phi) is 6.38. The molecule has 164 valence electrons. The summed E-state index contributed by atoms with van der Waals surface area (Å²) < 4.78 is 5.43. The summed E-state index contributed by atoms with van der Waals surface area (Å²) >= 11 is 1.35. The van der Waals surface area contributed by atoms with E-state index in [4.69, 9.17) is 4.74 Å². The highest BCUT2D eigenvalue weighted by atomic mass is 32.1. The van der Waals surface area contributed by atoms with Crippen LogP contribution in [0.2, 0.25) is 0 Å². The Morgan fingerprint density at radius 2 is 1.87 bits per heavy atom. The Morgan fingerprint density at radius 3 is 2.55 bits per heavy atom. The number of benzene rings is 1. The topological polar surface area (TPSA) is 70.6 Å². The Balaban J connectivity index is 1.54. The predicted molar refractivity (Wildman–Crippen MR) is 127 cm³/mol. The molecule has 1 aliphatic rings. The van der Waals surface area contributed by atoms with E-state index < -0.39 is 0 Å². The number of carbonyl (C=O) groups is 1. The SMILES string of the molecule is Cc1c(C(=O)OCC(C)C)sc2ncnc(Nc3ccc(N4CCN(C)CC4)cc3)c12. The maximum absolute atomic E-state index is 12.5. The quantitative estimate of drug-likeness (QED) is 0.574. The number of esters is 1. The van der Waals surface area contributed by atoms with E-state index in [1.165, 1.54) is 23.4 Å². The molecular weight excluding hydrogens is 410 g/mol. The minimum absolute atomic E-state index is 0.295. The second-order valence-corrected chi connectivity index (χ2v) is 9.41. The molecule has 1 saturated heterocycles. The number of thiophene rings is 1. The van der Waals surface area contributed by atoms with Crippen molar-refractivity contribution >= 4 is 44.7 Å². The molecular formula is C23H29N5O2S. The lowest BCUT2D eigenvalue weighted by Crippen LogP contribution is -2.44. The molecule has 3 heterocycles. The number of anilines is 3. The fourth-order valence-electron chi connectivity index (χ4n) is 3.63. The Bertz CT molecular complexity index is 1060. The monoisotopic (exact) mass is 439 g/mol. The summed E-state index contributed by atoms with van der Waals surface area (Å²) in [5, 5.41) is 4.27. The van der Waals surface area contributed by atoms with Crippen LogP contribution in [-0.4, -0.2) is 60.7 Å². The van der Waals surface area contributed by atoms with Crippen LogP contribution >= 0.6 is 11.3 Å². The van der Waals surface area contributed by atoms with E-state index in [-0.39, 0.29) is 5.97 Å². The first kappa shape index (κ1) is 21.5. The maximum Gasteiger partial charge on any atom is 0.348 e. The third-order valence-electron chi connectivity index (χ3n) is 5.46. The van der Waals surface area contributed by atoms with Crippen LogP contribution < -0.4 is 10.2 Å². The fourth-order valence-corrected chi connectivity index (χ4v) is 4.67. The van der Waals surface area contributed by atoms with Crippen molar-refractivity contribution in [2.24, 2.45) is 5.92 Å². The molecule has 1 aliphatic heterocycles. The first-order valence-corrected chi connectivity index (χ1v) is 11.5. The van der Waals surface area contributed by atoms with Gasteiger partial charge in [0.1, 0.15) is 21.9 Å². The van der Waals surface area contributed by atoms with Gasteiger partial charge in [0.05, 0.1) is 12.0 Å². The molecule has 1 aromatic carbocycles. The van der Waals surface area contributed by atoms with Crippen molar-refractivity contribution in [1.82, 2.24) is 14.9 Å². The molecule has 2 aromatic heterocycles. The summed E-state index contributed by atoms with van der Waals surface area (Å²) in [5.41, 5.74) is 3.03. The number of nitrogens with one attached hydrogen (secondary N) is 1. The Labute approximate surface area is 187 Å². The molecule has 1 N–H and O–H groups in total. The molecule has 0 amide bonds. The molecule has 8 heteroatoms. The number of rotatable bonds is 6. The average molecular weight is 440 g/mol. The summed E-state index contributed by atoms with van der Waals surface area (Å²) in [6, 6.07) is 8.42. The molecule has 0 atom stereocenters. The van der Waals surface area contributed by atoms with Crippen LogP contribution in [0.3, 0.4) is 0 Å².